The van der Waals surface area contributed by atoms with Gasteiger partial charge in [0.15, 0.2) is 0 Å². The molecule has 0 bridgehead atoms. The SMILES string of the molecule is O=C(CSCc1ccccn1)Nc1cccc(C(F)(F)F)n1. The Morgan fingerprint density at radius 2 is 2.00 bits per heavy atom. The fraction of sp³-hybridized carbons (Fsp3) is 0.214. The van der Waals surface area contributed by atoms with Crippen LogP contribution in [0.2, 0.25) is 0 Å². The van der Waals surface area contributed by atoms with Gasteiger partial charge in [0, 0.05) is 11.9 Å². The smallest absolute Gasteiger partial charge is 0.310 e. The maximum atomic E-state index is 12.5. The van der Waals surface area contributed by atoms with Crippen molar-refractivity contribution in [3.63, 3.8) is 0 Å². The van der Waals surface area contributed by atoms with Crippen LogP contribution in [-0.4, -0.2) is 21.6 Å². The summed E-state index contributed by atoms with van der Waals surface area (Å²) in [4.78, 5) is 19.2. The van der Waals surface area contributed by atoms with E-state index in [1.165, 1.54) is 23.9 Å². The molecule has 2 rings (SSSR count). The van der Waals surface area contributed by atoms with Crippen LogP contribution in [0.15, 0.2) is 42.6 Å². The summed E-state index contributed by atoms with van der Waals surface area (Å²) < 4.78 is 37.5. The van der Waals surface area contributed by atoms with Crippen LogP contribution in [0.1, 0.15) is 11.4 Å². The van der Waals surface area contributed by atoms with Crippen molar-refractivity contribution in [1.29, 1.82) is 0 Å². The van der Waals surface area contributed by atoms with Gasteiger partial charge in [-0.25, -0.2) is 4.98 Å². The summed E-state index contributed by atoms with van der Waals surface area (Å²) in [6.45, 7) is 0. The van der Waals surface area contributed by atoms with E-state index in [0.29, 0.717) is 5.75 Å². The fourth-order valence-electron chi connectivity index (χ4n) is 1.57. The van der Waals surface area contributed by atoms with Gasteiger partial charge in [0.05, 0.1) is 11.4 Å². The molecule has 0 fully saturated rings. The zero-order valence-electron chi connectivity index (χ0n) is 11.3. The number of amides is 1. The number of nitrogens with zero attached hydrogens (tertiary/aromatic N) is 2. The van der Waals surface area contributed by atoms with Gasteiger partial charge >= 0.3 is 6.18 Å². The standard InChI is InChI=1S/C14H12F3N3OS/c15-14(16,17)11-5-3-6-12(19-11)20-13(21)9-22-8-10-4-1-2-7-18-10/h1-7H,8-9H2,(H,19,20,21). The zero-order valence-corrected chi connectivity index (χ0v) is 12.1. The molecule has 0 aliphatic rings. The third kappa shape index (κ3) is 5.03. The molecule has 0 aromatic carbocycles. The molecule has 2 aromatic rings. The maximum absolute atomic E-state index is 12.5. The molecule has 0 saturated heterocycles. The second kappa shape index (κ2) is 7.26. The number of hydrogen-bond donors (Lipinski definition) is 1. The highest BCUT2D eigenvalue weighted by molar-refractivity contribution is 7.99. The van der Waals surface area contributed by atoms with Crippen LogP contribution in [0.25, 0.3) is 0 Å². The van der Waals surface area contributed by atoms with Gasteiger partial charge in [-0.15, -0.1) is 11.8 Å². The van der Waals surface area contributed by atoms with E-state index in [2.05, 4.69) is 15.3 Å². The number of rotatable bonds is 5. The molecule has 4 nitrogen and oxygen atoms in total. The van der Waals surface area contributed by atoms with Gasteiger partial charge in [0.25, 0.3) is 0 Å². The van der Waals surface area contributed by atoms with Gasteiger partial charge < -0.3 is 5.32 Å². The van der Waals surface area contributed by atoms with Gasteiger partial charge in [-0.2, -0.15) is 13.2 Å². The number of alkyl halides is 3. The topological polar surface area (TPSA) is 54.9 Å². The number of pyridine rings is 2. The number of carbonyl (C=O) groups excluding carboxylic acids is 1. The van der Waals surface area contributed by atoms with E-state index in [1.807, 2.05) is 12.1 Å². The van der Waals surface area contributed by atoms with Gasteiger partial charge in [0.2, 0.25) is 5.91 Å². The van der Waals surface area contributed by atoms with Crippen LogP contribution in [-0.2, 0) is 16.7 Å². The van der Waals surface area contributed by atoms with Crippen molar-refractivity contribution in [3.05, 3.63) is 54.0 Å². The average Bonchev–Trinajstić information content (AvgIpc) is 2.48. The number of hydrogen-bond acceptors (Lipinski definition) is 4. The summed E-state index contributed by atoms with van der Waals surface area (Å²) in [6.07, 6.45) is -2.88. The molecule has 0 saturated carbocycles. The highest BCUT2D eigenvalue weighted by atomic mass is 32.2. The molecule has 0 radical (unpaired) electrons. The van der Waals surface area contributed by atoms with Crippen LogP contribution in [0.4, 0.5) is 19.0 Å². The lowest BCUT2D eigenvalue weighted by Crippen LogP contribution is -2.17. The van der Waals surface area contributed by atoms with Crippen molar-refractivity contribution >= 4 is 23.5 Å². The largest absolute Gasteiger partial charge is 0.433 e. The Labute approximate surface area is 129 Å². The van der Waals surface area contributed by atoms with Crippen LogP contribution in [0.5, 0.6) is 0 Å². The molecule has 0 atom stereocenters. The molecule has 1 amide bonds. The first-order chi connectivity index (χ1) is 10.4. The van der Waals surface area contributed by atoms with E-state index in [9.17, 15) is 18.0 Å². The number of thioether (sulfide) groups is 1. The lowest BCUT2D eigenvalue weighted by Gasteiger charge is -2.08. The number of aromatic nitrogens is 2. The number of anilines is 1. The molecule has 2 heterocycles. The molecule has 8 heteroatoms. The Kier molecular flexibility index (Phi) is 5.37. The van der Waals surface area contributed by atoms with E-state index in [0.717, 1.165) is 11.8 Å². The van der Waals surface area contributed by atoms with Gasteiger partial charge in [0.1, 0.15) is 11.5 Å². The lowest BCUT2D eigenvalue weighted by molar-refractivity contribution is -0.141. The summed E-state index contributed by atoms with van der Waals surface area (Å²) in [7, 11) is 0. The van der Waals surface area contributed by atoms with Crippen molar-refractivity contribution in [2.45, 2.75) is 11.9 Å². The quantitative estimate of drug-likeness (QED) is 0.915. The second-order valence-electron chi connectivity index (χ2n) is 4.27. The van der Waals surface area contributed by atoms with E-state index >= 15 is 0 Å². The Balaban J connectivity index is 1.84. The molecule has 2 aromatic heterocycles. The third-order valence-corrected chi connectivity index (χ3v) is 3.48. The summed E-state index contributed by atoms with van der Waals surface area (Å²) in [5.41, 5.74) is -0.205. The Morgan fingerprint density at radius 1 is 1.18 bits per heavy atom. The van der Waals surface area contributed by atoms with Crippen molar-refractivity contribution in [2.24, 2.45) is 0 Å². The molecule has 0 aliphatic carbocycles. The predicted octanol–water partition coefficient (Wildman–Crippen LogP) is 3.37. The second-order valence-corrected chi connectivity index (χ2v) is 5.25. The number of nitrogens with one attached hydrogen (secondary N) is 1. The average molecular weight is 327 g/mol. The lowest BCUT2D eigenvalue weighted by atomic mass is 10.3. The van der Waals surface area contributed by atoms with Crippen molar-refractivity contribution in [3.8, 4) is 0 Å². The minimum Gasteiger partial charge on any atom is -0.310 e. The van der Waals surface area contributed by atoms with Crippen LogP contribution < -0.4 is 5.32 Å². The first kappa shape index (κ1) is 16.3. The van der Waals surface area contributed by atoms with Gasteiger partial charge in [-0.1, -0.05) is 12.1 Å². The summed E-state index contributed by atoms with van der Waals surface area (Å²) >= 11 is 1.32. The number of carbonyl (C=O) groups is 1. The first-order valence-corrected chi connectivity index (χ1v) is 7.42. The maximum Gasteiger partial charge on any atom is 0.433 e. The summed E-state index contributed by atoms with van der Waals surface area (Å²) in [6, 6.07) is 8.84. The number of halogens is 3. The normalized spacial score (nSPS) is 11.2. The molecule has 0 unspecified atom stereocenters. The van der Waals surface area contributed by atoms with Gasteiger partial charge in [-0.3, -0.25) is 9.78 Å². The highest BCUT2D eigenvalue weighted by Gasteiger charge is 2.32. The molecule has 0 spiro atoms. The summed E-state index contributed by atoms with van der Waals surface area (Å²) in [5.74, 6) is 0.129. The molecule has 1 N–H and O–H groups in total. The van der Waals surface area contributed by atoms with Crippen LogP contribution in [0, 0.1) is 0 Å². The molecule has 116 valence electrons. The van der Waals surface area contributed by atoms with Crippen LogP contribution in [0.3, 0.4) is 0 Å². The molecular formula is C14H12F3N3OS. The summed E-state index contributed by atoms with van der Waals surface area (Å²) in [5, 5.41) is 2.35. The molecule has 0 aliphatic heterocycles. The Bertz CT molecular complexity index is 635. The molecule has 22 heavy (non-hydrogen) atoms. The van der Waals surface area contributed by atoms with E-state index in [1.54, 1.807) is 12.3 Å². The van der Waals surface area contributed by atoms with Crippen LogP contribution >= 0.6 is 11.8 Å². The monoisotopic (exact) mass is 327 g/mol. The Morgan fingerprint density at radius 3 is 2.68 bits per heavy atom. The van der Waals surface area contributed by atoms with E-state index < -0.39 is 17.8 Å². The predicted molar refractivity (Wildman–Crippen MR) is 78.3 cm³/mol. The van der Waals surface area contributed by atoms with E-state index in [4.69, 9.17) is 0 Å². The molecular weight excluding hydrogens is 315 g/mol. The Hall–Kier alpha value is -2.09. The highest BCUT2D eigenvalue weighted by Crippen LogP contribution is 2.28. The van der Waals surface area contributed by atoms with Gasteiger partial charge in [-0.05, 0) is 24.3 Å². The third-order valence-electron chi connectivity index (χ3n) is 2.52. The van der Waals surface area contributed by atoms with Crippen molar-refractivity contribution < 1.29 is 18.0 Å². The van der Waals surface area contributed by atoms with Crippen molar-refractivity contribution in [2.75, 3.05) is 11.1 Å². The first-order valence-electron chi connectivity index (χ1n) is 6.27. The minimum atomic E-state index is -4.53. The van der Waals surface area contributed by atoms with Crippen molar-refractivity contribution in [1.82, 2.24) is 9.97 Å². The zero-order chi connectivity index (χ0) is 16.0. The fourth-order valence-corrected chi connectivity index (χ4v) is 2.31. The van der Waals surface area contributed by atoms with E-state index in [-0.39, 0.29) is 11.6 Å². The minimum absolute atomic E-state index is 0.106.